The Balaban J connectivity index is 1.72. The lowest BCUT2D eigenvalue weighted by Gasteiger charge is -2.22. The van der Waals surface area contributed by atoms with E-state index >= 15 is 0 Å². The summed E-state index contributed by atoms with van der Waals surface area (Å²) >= 11 is 0. The zero-order valence-corrected chi connectivity index (χ0v) is 10.9. The molecule has 0 bridgehead atoms. The molecule has 0 saturated carbocycles. The minimum absolute atomic E-state index is 0.193. The molecule has 0 radical (unpaired) electrons. The molecule has 1 aromatic carbocycles. The van der Waals surface area contributed by atoms with E-state index in [4.69, 9.17) is 0 Å². The average Bonchev–Trinajstić information content (AvgIpc) is 3.01. The molecule has 18 heavy (non-hydrogen) atoms. The summed E-state index contributed by atoms with van der Waals surface area (Å²) in [5, 5.41) is 3.42. The number of hydrogen-bond donors (Lipinski definition) is 1. The minimum Gasteiger partial charge on any atom is -0.338 e. The third kappa shape index (κ3) is 2.03. The maximum absolute atomic E-state index is 12.4. The van der Waals surface area contributed by atoms with Crippen molar-refractivity contribution in [1.29, 1.82) is 0 Å². The Morgan fingerprint density at radius 3 is 2.72 bits per heavy atom. The van der Waals surface area contributed by atoms with E-state index < -0.39 is 0 Å². The average molecular weight is 244 g/mol. The van der Waals surface area contributed by atoms with Gasteiger partial charge in [0.15, 0.2) is 0 Å². The van der Waals surface area contributed by atoms with Gasteiger partial charge in [0, 0.05) is 30.6 Å². The molecule has 1 N–H and O–H groups in total. The van der Waals surface area contributed by atoms with Crippen LogP contribution in [0.15, 0.2) is 24.3 Å². The molecule has 2 aliphatic heterocycles. The highest BCUT2D eigenvalue weighted by atomic mass is 16.2. The van der Waals surface area contributed by atoms with E-state index in [1.54, 1.807) is 0 Å². The third-order valence-corrected chi connectivity index (χ3v) is 4.36. The highest BCUT2D eigenvalue weighted by Gasteiger charge is 2.41. The van der Waals surface area contributed by atoms with Gasteiger partial charge >= 0.3 is 0 Å². The van der Waals surface area contributed by atoms with Gasteiger partial charge in [-0.05, 0) is 38.4 Å². The molecule has 1 amide bonds. The van der Waals surface area contributed by atoms with Crippen molar-refractivity contribution in [1.82, 2.24) is 10.2 Å². The molecule has 0 unspecified atom stereocenters. The first kappa shape index (κ1) is 11.7. The lowest BCUT2D eigenvalue weighted by molar-refractivity contribution is 0.0775. The van der Waals surface area contributed by atoms with E-state index in [1.165, 1.54) is 12.0 Å². The molecular formula is C15H20N2O. The Morgan fingerprint density at radius 2 is 2.06 bits per heavy atom. The van der Waals surface area contributed by atoms with E-state index in [1.807, 2.05) is 36.1 Å². The van der Waals surface area contributed by atoms with Crippen LogP contribution >= 0.6 is 0 Å². The molecular weight excluding hydrogens is 224 g/mol. The van der Waals surface area contributed by atoms with Crippen molar-refractivity contribution in [2.24, 2.45) is 5.41 Å². The van der Waals surface area contributed by atoms with E-state index in [-0.39, 0.29) is 5.91 Å². The van der Waals surface area contributed by atoms with Gasteiger partial charge in [0.2, 0.25) is 0 Å². The van der Waals surface area contributed by atoms with Crippen LogP contribution in [0.3, 0.4) is 0 Å². The van der Waals surface area contributed by atoms with Gasteiger partial charge in [-0.1, -0.05) is 17.7 Å². The van der Waals surface area contributed by atoms with Crippen LogP contribution in [0.1, 0.15) is 28.8 Å². The summed E-state index contributed by atoms with van der Waals surface area (Å²) in [5.41, 5.74) is 2.38. The number of carbonyl (C=O) groups excluding carboxylic acids is 1. The van der Waals surface area contributed by atoms with Crippen LogP contribution in [0.5, 0.6) is 0 Å². The molecule has 0 aromatic heterocycles. The van der Waals surface area contributed by atoms with Gasteiger partial charge in [-0.25, -0.2) is 0 Å². The largest absolute Gasteiger partial charge is 0.338 e. The van der Waals surface area contributed by atoms with Crippen molar-refractivity contribution in [2.45, 2.75) is 19.8 Å². The number of carbonyl (C=O) groups is 1. The lowest BCUT2D eigenvalue weighted by atomic mass is 9.86. The number of likely N-dealkylation sites (tertiary alicyclic amines) is 1. The number of nitrogens with zero attached hydrogens (tertiary/aromatic N) is 1. The lowest BCUT2D eigenvalue weighted by Crippen LogP contribution is -2.33. The topological polar surface area (TPSA) is 32.3 Å². The van der Waals surface area contributed by atoms with Crippen LogP contribution in [0.4, 0.5) is 0 Å². The fraction of sp³-hybridized carbons (Fsp3) is 0.533. The van der Waals surface area contributed by atoms with Crippen molar-refractivity contribution < 1.29 is 4.79 Å². The number of amides is 1. The maximum atomic E-state index is 12.4. The van der Waals surface area contributed by atoms with E-state index in [2.05, 4.69) is 5.32 Å². The summed E-state index contributed by atoms with van der Waals surface area (Å²) in [6.07, 6.45) is 2.36. The molecule has 3 heteroatoms. The summed E-state index contributed by atoms with van der Waals surface area (Å²) in [4.78, 5) is 14.4. The van der Waals surface area contributed by atoms with E-state index in [0.29, 0.717) is 5.41 Å². The van der Waals surface area contributed by atoms with Crippen LogP contribution in [0.2, 0.25) is 0 Å². The predicted molar refractivity (Wildman–Crippen MR) is 71.6 cm³/mol. The van der Waals surface area contributed by atoms with Crippen molar-refractivity contribution in [3.63, 3.8) is 0 Å². The maximum Gasteiger partial charge on any atom is 0.253 e. The Bertz CT molecular complexity index is 446. The zero-order chi connectivity index (χ0) is 12.6. The first-order valence-corrected chi connectivity index (χ1v) is 6.75. The smallest absolute Gasteiger partial charge is 0.253 e. The van der Waals surface area contributed by atoms with Gasteiger partial charge in [0.25, 0.3) is 5.91 Å². The van der Waals surface area contributed by atoms with Crippen LogP contribution in [-0.4, -0.2) is 37.0 Å². The molecule has 1 aromatic rings. The molecule has 2 saturated heterocycles. The first-order valence-electron chi connectivity index (χ1n) is 6.75. The Kier molecular flexibility index (Phi) is 2.86. The van der Waals surface area contributed by atoms with Gasteiger partial charge < -0.3 is 10.2 Å². The van der Waals surface area contributed by atoms with Gasteiger partial charge in [0.05, 0.1) is 0 Å². The molecule has 3 rings (SSSR count). The molecule has 1 atom stereocenters. The normalized spacial score (nSPS) is 27.1. The minimum atomic E-state index is 0.193. The van der Waals surface area contributed by atoms with Gasteiger partial charge in [-0.15, -0.1) is 0 Å². The quantitative estimate of drug-likeness (QED) is 0.817. The van der Waals surface area contributed by atoms with Gasteiger partial charge in [0.1, 0.15) is 0 Å². The third-order valence-electron chi connectivity index (χ3n) is 4.36. The molecule has 3 nitrogen and oxygen atoms in total. The standard InChI is InChI=1S/C15H20N2O/c1-12-2-4-13(5-3-12)14(18)17-9-7-15(11-17)6-8-16-10-15/h2-5,16H,6-11H2,1H3/t15-/m0/s1. The van der Waals surface area contributed by atoms with Crippen molar-refractivity contribution in [3.8, 4) is 0 Å². The highest BCUT2D eigenvalue weighted by molar-refractivity contribution is 5.94. The number of benzene rings is 1. The molecule has 96 valence electrons. The fourth-order valence-electron chi connectivity index (χ4n) is 3.13. The van der Waals surface area contributed by atoms with Crippen LogP contribution < -0.4 is 5.32 Å². The molecule has 2 heterocycles. The van der Waals surface area contributed by atoms with Gasteiger partial charge in [-0.2, -0.15) is 0 Å². The Hall–Kier alpha value is -1.35. The fourth-order valence-corrected chi connectivity index (χ4v) is 3.13. The highest BCUT2D eigenvalue weighted by Crippen LogP contribution is 2.36. The van der Waals surface area contributed by atoms with Crippen molar-refractivity contribution >= 4 is 5.91 Å². The summed E-state index contributed by atoms with van der Waals surface area (Å²) in [5.74, 6) is 0.193. The second-order valence-electron chi connectivity index (χ2n) is 5.77. The number of hydrogen-bond acceptors (Lipinski definition) is 2. The van der Waals surface area contributed by atoms with Crippen LogP contribution in [0, 0.1) is 12.3 Å². The van der Waals surface area contributed by atoms with E-state index in [9.17, 15) is 4.79 Å². The Morgan fingerprint density at radius 1 is 1.28 bits per heavy atom. The van der Waals surface area contributed by atoms with Gasteiger partial charge in [-0.3, -0.25) is 4.79 Å². The van der Waals surface area contributed by atoms with Crippen LogP contribution in [0.25, 0.3) is 0 Å². The SMILES string of the molecule is Cc1ccc(C(=O)N2CC[C@]3(CCNC3)C2)cc1. The monoisotopic (exact) mass is 244 g/mol. The van der Waals surface area contributed by atoms with Crippen molar-refractivity contribution in [2.75, 3.05) is 26.2 Å². The summed E-state index contributed by atoms with van der Waals surface area (Å²) < 4.78 is 0. The second-order valence-corrected chi connectivity index (χ2v) is 5.77. The Labute approximate surface area is 108 Å². The number of rotatable bonds is 1. The number of nitrogens with one attached hydrogen (secondary N) is 1. The molecule has 1 spiro atoms. The first-order chi connectivity index (χ1) is 8.69. The summed E-state index contributed by atoms with van der Waals surface area (Å²) in [6, 6.07) is 7.90. The number of aryl methyl sites for hydroxylation is 1. The molecule has 2 fully saturated rings. The van der Waals surface area contributed by atoms with Crippen LogP contribution in [-0.2, 0) is 0 Å². The second kappa shape index (κ2) is 4.39. The summed E-state index contributed by atoms with van der Waals surface area (Å²) in [6.45, 7) is 6.06. The predicted octanol–water partition coefficient (Wildman–Crippen LogP) is 1.82. The molecule has 2 aliphatic rings. The van der Waals surface area contributed by atoms with E-state index in [0.717, 1.165) is 38.2 Å². The zero-order valence-electron chi connectivity index (χ0n) is 10.9. The molecule has 0 aliphatic carbocycles. The summed E-state index contributed by atoms with van der Waals surface area (Å²) in [7, 11) is 0. The van der Waals surface area contributed by atoms with Crippen molar-refractivity contribution in [3.05, 3.63) is 35.4 Å².